The molecule has 0 unspecified atom stereocenters. The standard InChI is InChI=1S/C39H24N2/c1-3-10-36-32(8-1)33-9-2-4-11-37(33)41(36)29-7-5-6-28(24-29)31-17-13-27-14-18-34-30(25-20-22-40-23-21-25)16-12-26-15-19-35(31)39(27)38(26)34/h1-24H. The Morgan fingerprint density at radius 3 is 1.61 bits per heavy atom. The second kappa shape index (κ2) is 8.51. The summed E-state index contributed by atoms with van der Waals surface area (Å²) in [6.45, 7) is 0. The van der Waals surface area contributed by atoms with E-state index in [0.29, 0.717) is 0 Å². The minimum absolute atomic E-state index is 1.17. The maximum Gasteiger partial charge on any atom is 0.0541 e. The van der Waals surface area contributed by atoms with Crippen molar-refractivity contribution >= 4 is 54.1 Å². The molecule has 0 aliphatic rings. The van der Waals surface area contributed by atoms with E-state index in [1.807, 2.05) is 12.4 Å². The van der Waals surface area contributed by atoms with Crippen molar-refractivity contribution in [2.75, 3.05) is 0 Å². The number of benzene rings is 7. The molecule has 9 rings (SSSR count). The third-order valence-electron chi connectivity index (χ3n) is 8.65. The summed E-state index contributed by atoms with van der Waals surface area (Å²) < 4.78 is 2.39. The van der Waals surface area contributed by atoms with Crippen LogP contribution in [0.1, 0.15) is 0 Å². The highest BCUT2D eigenvalue weighted by molar-refractivity contribution is 6.27. The summed E-state index contributed by atoms with van der Waals surface area (Å²) in [4.78, 5) is 4.23. The predicted octanol–water partition coefficient (Wildman–Crippen LogP) is 10.4. The van der Waals surface area contributed by atoms with Crippen molar-refractivity contribution in [3.63, 3.8) is 0 Å². The summed E-state index contributed by atoms with van der Waals surface area (Å²) in [6.07, 6.45) is 3.74. The molecule has 9 aromatic rings. The Balaban J connectivity index is 1.30. The molecule has 2 nitrogen and oxygen atoms in total. The van der Waals surface area contributed by atoms with Gasteiger partial charge in [-0.1, -0.05) is 97.1 Å². The maximum atomic E-state index is 4.23. The van der Waals surface area contributed by atoms with E-state index in [4.69, 9.17) is 0 Å². The highest BCUT2D eigenvalue weighted by atomic mass is 15.0. The molecule has 0 fully saturated rings. The van der Waals surface area contributed by atoms with Gasteiger partial charge in [-0.15, -0.1) is 0 Å². The van der Waals surface area contributed by atoms with Gasteiger partial charge in [-0.25, -0.2) is 0 Å². The van der Waals surface area contributed by atoms with Gasteiger partial charge < -0.3 is 4.57 Å². The number of hydrogen-bond acceptors (Lipinski definition) is 1. The van der Waals surface area contributed by atoms with Crippen molar-refractivity contribution in [1.29, 1.82) is 0 Å². The predicted molar refractivity (Wildman–Crippen MR) is 173 cm³/mol. The highest BCUT2D eigenvalue weighted by Crippen LogP contribution is 2.42. The molecule has 190 valence electrons. The van der Waals surface area contributed by atoms with Gasteiger partial charge in [0.05, 0.1) is 11.0 Å². The number of nitrogens with zero attached hydrogens (tertiary/aromatic N) is 2. The molecule has 2 heteroatoms. The van der Waals surface area contributed by atoms with Crippen LogP contribution < -0.4 is 0 Å². The molecular formula is C39H24N2. The second-order valence-electron chi connectivity index (χ2n) is 10.8. The summed E-state index contributed by atoms with van der Waals surface area (Å²) in [5.41, 5.74) is 8.53. The minimum Gasteiger partial charge on any atom is -0.309 e. The van der Waals surface area contributed by atoms with Crippen LogP contribution in [0.15, 0.2) is 146 Å². The van der Waals surface area contributed by atoms with Crippen LogP contribution in [0.25, 0.3) is 82.1 Å². The number of pyridine rings is 1. The Labute approximate surface area is 237 Å². The van der Waals surface area contributed by atoms with Gasteiger partial charge in [0, 0.05) is 28.9 Å². The Morgan fingerprint density at radius 2 is 0.976 bits per heavy atom. The van der Waals surface area contributed by atoms with E-state index in [9.17, 15) is 0 Å². The highest BCUT2D eigenvalue weighted by Gasteiger charge is 2.16. The topological polar surface area (TPSA) is 17.8 Å². The largest absolute Gasteiger partial charge is 0.309 e. The fourth-order valence-corrected chi connectivity index (χ4v) is 6.85. The average molecular weight is 521 g/mol. The first kappa shape index (κ1) is 22.4. The summed E-state index contributed by atoms with van der Waals surface area (Å²) in [6, 6.07) is 48.8. The van der Waals surface area contributed by atoms with Crippen molar-refractivity contribution < 1.29 is 0 Å². The van der Waals surface area contributed by atoms with E-state index in [1.165, 1.54) is 82.1 Å². The van der Waals surface area contributed by atoms with Crippen LogP contribution in [-0.4, -0.2) is 9.55 Å². The number of hydrogen-bond donors (Lipinski definition) is 0. The van der Waals surface area contributed by atoms with Crippen LogP contribution >= 0.6 is 0 Å². The lowest BCUT2D eigenvalue weighted by Crippen LogP contribution is -1.94. The molecule has 0 bridgehead atoms. The Kier molecular flexibility index (Phi) is 4.64. The summed E-state index contributed by atoms with van der Waals surface area (Å²) >= 11 is 0. The van der Waals surface area contributed by atoms with Crippen LogP contribution in [-0.2, 0) is 0 Å². The van der Waals surface area contributed by atoms with Gasteiger partial charge in [-0.05, 0) is 91.0 Å². The third-order valence-corrected chi connectivity index (χ3v) is 8.65. The normalized spacial score (nSPS) is 11.9. The first-order valence-corrected chi connectivity index (χ1v) is 14.1. The molecular weight excluding hydrogens is 496 g/mol. The zero-order valence-corrected chi connectivity index (χ0v) is 22.3. The molecule has 41 heavy (non-hydrogen) atoms. The molecule has 0 atom stereocenters. The first-order chi connectivity index (χ1) is 20.3. The number of aromatic nitrogens is 2. The number of rotatable bonds is 3. The van der Waals surface area contributed by atoms with E-state index in [1.54, 1.807) is 0 Å². The first-order valence-electron chi connectivity index (χ1n) is 14.1. The molecule has 7 aromatic carbocycles. The molecule has 2 heterocycles. The summed E-state index contributed by atoms with van der Waals surface area (Å²) in [7, 11) is 0. The molecule has 0 saturated carbocycles. The van der Waals surface area contributed by atoms with Gasteiger partial charge in [0.25, 0.3) is 0 Å². The molecule has 0 saturated heterocycles. The van der Waals surface area contributed by atoms with Crippen molar-refractivity contribution in [3.8, 4) is 27.9 Å². The Bertz CT molecular complexity index is 2360. The summed E-state index contributed by atoms with van der Waals surface area (Å²) in [5, 5.41) is 10.3. The van der Waals surface area contributed by atoms with Crippen molar-refractivity contribution in [1.82, 2.24) is 9.55 Å². The monoisotopic (exact) mass is 520 g/mol. The van der Waals surface area contributed by atoms with E-state index in [2.05, 4.69) is 143 Å². The van der Waals surface area contributed by atoms with Crippen LogP contribution in [0, 0.1) is 0 Å². The zero-order chi connectivity index (χ0) is 26.9. The molecule has 0 N–H and O–H groups in total. The lowest BCUT2D eigenvalue weighted by atomic mass is 9.87. The van der Waals surface area contributed by atoms with Gasteiger partial charge in [-0.2, -0.15) is 0 Å². The van der Waals surface area contributed by atoms with Crippen molar-refractivity contribution in [2.45, 2.75) is 0 Å². The Morgan fingerprint density at radius 1 is 0.415 bits per heavy atom. The molecule has 0 spiro atoms. The lowest BCUT2D eigenvalue weighted by molar-refractivity contribution is 1.18. The van der Waals surface area contributed by atoms with E-state index >= 15 is 0 Å². The molecule has 2 aromatic heterocycles. The van der Waals surface area contributed by atoms with Gasteiger partial charge in [0.15, 0.2) is 0 Å². The van der Waals surface area contributed by atoms with Crippen molar-refractivity contribution in [3.05, 3.63) is 146 Å². The van der Waals surface area contributed by atoms with Gasteiger partial charge in [0.1, 0.15) is 0 Å². The summed E-state index contributed by atoms with van der Waals surface area (Å²) in [5.74, 6) is 0. The molecule has 0 radical (unpaired) electrons. The van der Waals surface area contributed by atoms with E-state index in [-0.39, 0.29) is 0 Å². The average Bonchev–Trinajstić information content (AvgIpc) is 3.38. The number of para-hydroxylation sites is 2. The van der Waals surface area contributed by atoms with Crippen LogP contribution in [0.2, 0.25) is 0 Å². The van der Waals surface area contributed by atoms with Gasteiger partial charge in [-0.3, -0.25) is 4.98 Å². The smallest absolute Gasteiger partial charge is 0.0541 e. The number of fused-ring (bicyclic) bond motifs is 3. The molecule has 0 aliphatic heterocycles. The second-order valence-corrected chi connectivity index (χ2v) is 10.8. The Hall–Kier alpha value is -5.47. The fourth-order valence-electron chi connectivity index (χ4n) is 6.85. The zero-order valence-electron chi connectivity index (χ0n) is 22.3. The SMILES string of the molecule is c1cc(-c2ccc3ccc4c(-c5ccncc5)ccc5ccc2c3c54)cc(-n2c3ccccc3c3ccccc32)c1. The van der Waals surface area contributed by atoms with Crippen LogP contribution in [0.4, 0.5) is 0 Å². The van der Waals surface area contributed by atoms with Crippen LogP contribution in [0.5, 0.6) is 0 Å². The van der Waals surface area contributed by atoms with Crippen LogP contribution in [0.3, 0.4) is 0 Å². The molecule has 0 amide bonds. The lowest BCUT2D eigenvalue weighted by Gasteiger charge is -2.17. The minimum atomic E-state index is 1.17. The third kappa shape index (κ3) is 3.22. The van der Waals surface area contributed by atoms with E-state index < -0.39 is 0 Å². The van der Waals surface area contributed by atoms with E-state index in [0.717, 1.165) is 0 Å². The van der Waals surface area contributed by atoms with Crippen molar-refractivity contribution in [2.24, 2.45) is 0 Å². The maximum absolute atomic E-state index is 4.23. The quantitative estimate of drug-likeness (QED) is 0.212. The fraction of sp³-hybridized carbons (Fsp3) is 0. The van der Waals surface area contributed by atoms with Gasteiger partial charge >= 0.3 is 0 Å². The molecule has 0 aliphatic carbocycles. The van der Waals surface area contributed by atoms with Gasteiger partial charge in [0.2, 0.25) is 0 Å².